The van der Waals surface area contributed by atoms with Crippen molar-refractivity contribution >= 4 is 23.0 Å². The lowest BCUT2D eigenvalue weighted by Crippen LogP contribution is -2.49. The quantitative estimate of drug-likeness (QED) is 0.389. The van der Waals surface area contributed by atoms with Gasteiger partial charge < -0.3 is 19.3 Å². The Bertz CT molecular complexity index is 1450. The number of nitrogens with zero attached hydrogens (tertiary/aromatic N) is 5. The van der Waals surface area contributed by atoms with E-state index in [0.717, 1.165) is 17.8 Å². The second-order valence-electron chi connectivity index (χ2n) is 10.3. The molecule has 2 bridgehead atoms. The highest BCUT2D eigenvalue weighted by molar-refractivity contribution is 5.96. The second-order valence-corrected chi connectivity index (χ2v) is 10.3. The van der Waals surface area contributed by atoms with E-state index in [9.17, 15) is 24.1 Å². The maximum absolute atomic E-state index is 13.5. The molecule has 3 aliphatic heterocycles. The van der Waals surface area contributed by atoms with Gasteiger partial charge in [0.25, 0.3) is 17.2 Å². The van der Waals surface area contributed by atoms with E-state index >= 15 is 0 Å². The number of carbonyl (C=O) groups is 1. The number of fused-ring (bicyclic) bond motifs is 4. The summed E-state index contributed by atoms with van der Waals surface area (Å²) in [7, 11) is 0. The summed E-state index contributed by atoms with van der Waals surface area (Å²) in [5.74, 6) is -0.253. The van der Waals surface area contributed by atoms with Crippen LogP contribution in [-0.4, -0.2) is 59.6 Å². The Kier molecular flexibility index (Phi) is 6.09. The molecule has 0 saturated carbocycles. The van der Waals surface area contributed by atoms with Crippen molar-refractivity contribution in [2.45, 2.75) is 18.9 Å². The summed E-state index contributed by atoms with van der Waals surface area (Å²) in [4.78, 5) is 43.3. The molecule has 0 radical (unpaired) electrons. The van der Waals surface area contributed by atoms with Gasteiger partial charge in [0.2, 0.25) is 0 Å². The molecule has 196 valence electrons. The molecule has 10 heteroatoms. The van der Waals surface area contributed by atoms with Crippen LogP contribution in [-0.2, 0) is 6.54 Å². The number of hydrogen-bond donors (Lipinski definition) is 0. The van der Waals surface area contributed by atoms with Gasteiger partial charge in [0.15, 0.2) is 0 Å². The minimum atomic E-state index is -0.425. The highest BCUT2D eigenvalue weighted by Crippen LogP contribution is 2.36. The summed E-state index contributed by atoms with van der Waals surface area (Å²) in [6, 6.07) is 16.4. The molecule has 3 aromatic rings. The number of likely N-dealkylation sites (tertiary alicyclic amines) is 1. The lowest BCUT2D eigenvalue weighted by atomic mass is 9.83. The largest absolute Gasteiger partial charge is 0.368 e. The number of nitro groups is 1. The first-order valence-electron chi connectivity index (χ1n) is 12.9. The summed E-state index contributed by atoms with van der Waals surface area (Å²) in [5.41, 5.74) is 2.57. The molecule has 1 amide bonds. The summed E-state index contributed by atoms with van der Waals surface area (Å²) >= 11 is 0. The van der Waals surface area contributed by atoms with Crippen LogP contribution in [0, 0.1) is 21.8 Å². The monoisotopic (exact) mass is 517 g/mol. The normalized spacial score (nSPS) is 20.7. The number of benzene rings is 2. The minimum Gasteiger partial charge on any atom is -0.368 e. The summed E-state index contributed by atoms with van der Waals surface area (Å²) in [6.07, 6.45) is 0.927. The number of carbonyl (C=O) groups excluding carboxylic acids is 1. The lowest BCUT2D eigenvalue weighted by Gasteiger charge is -2.42. The average molecular weight is 518 g/mol. The van der Waals surface area contributed by atoms with E-state index in [1.165, 1.54) is 18.2 Å². The predicted molar refractivity (Wildman–Crippen MR) is 141 cm³/mol. The Morgan fingerprint density at radius 2 is 1.66 bits per heavy atom. The van der Waals surface area contributed by atoms with Gasteiger partial charge in [-0.2, -0.15) is 0 Å². The zero-order valence-corrected chi connectivity index (χ0v) is 20.8. The molecule has 1 aromatic heterocycles. The van der Waals surface area contributed by atoms with Crippen molar-refractivity contribution in [3.63, 3.8) is 0 Å². The highest BCUT2D eigenvalue weighted by Gasteiger charge is 2.37. The van der Waals surface area contributed by atoms with Crippen molar-refractivity contribution < 1.29 is 14.1 Å². The summed E-state index contributed by atoms with van der Waals surface area (Å²) < 4.78 is 15.1. The second kappa shape index (κ2) is 9.59. The smallest absolute Gasteiger partial charge is 0.293 e. The number of aromatic nitrogens is 1. The fourth-order valence-electron chi connectivity index (χ4n) is 6.17. The lowest BCUT2D eigenvalue weighted by molar-refractivity contribution is -0.384. The van der Waals surface area contributed by atoms with Crippen LogP contribution in [0.3, 0.4) is 0 Å². The standard InChI is InChI=1S/C28H28FN5O4/c29-22-5-7-23(8-6-22)30-10-12-31(13-11-30)25-9-4-20(15-26(25)34(37)38)28(36)32-16-19-14-21(18-32)24-2-1-3-27(35)33(24)17-19/h1-9,15,19,21H,10-14,16-18H2/t19-,21+/m1/s1. The van der Waals surface area contributed by atoms with Gasteiger partial charge in [0.05, 0.1) is 4.92 Å². The van der Waals surface area contributed by atoms with Gasteiger partial charge >= 0.3 is 0 Å². The van der Waals surface area contributed by atoms with Gasteiger partial charge in [0, 0.05) is 80.8 Å². The van der Waals surface area contributed by atoms with Crippen LogP contribution in [0.25, 0.3) is 0 Å². The first-order valence-corrected chi connectivity index (χ1v) is 12.9. The molecule has 0 aliphatic carbocycles. The third-order valence-corrected chi connectivity index (χ3v) is 8.00. The van der Waals surface area contributed by atoms with Gasteiger partial charge in [-0.05, 0) is 54.8 Å². The third kappa shape index (κ3) is 4.40. The van der Waals surface area contributed by atoms with E-state index in [2.05, 4.69) is 4.90 Å². The predicted octanol–water partition coefficient (Wildman–Crippen LogP) is 3.48. The van der Waals surface area contributed by atoms with Gasteiger partial charge in [-0.1, -0.05) is 6.07 Å². The number of nitro benzene ring substituents is 1. The van der Waals surface area contributed by atoms with Crippen molar-refractivity contribution in [2.75, 3.05) is 49.1 Å². The number of piperidine rings is 1. The number of pyridine rings is 1. The number of hydrogen-bond acceptors (Lipinski definition) is 6. The van der Waals surface area contributed by atoms with Crippen LogP contribution in [0.15, 0.2) is 65.5 Å². The van der Waals surface area contributed by atoms with Gasteiger partial charge in [-0.15, -0.1) is 0 Å². The third-order valence-electron chi connectivity index (χ3n) is 8.00. The molecular formula is C28H28FN5O4. The Hall–Kier alpha value is -4.21. The Morgan fingerprint density at radius 3 is 2.39 bits per heavy atom. The fourth-order valence-corrected chi connectivity index (χ4v) is 6.17. The van der Waals surface area contributed by atoms with Gasteiger partial charge in [0.1, 0.15) is 11.5 Å². The van der Waals surface area contributed by atoms with E-state index in [1.807, 2.05) is 15.5 Å². The van der Waals surface area contributed by atoms with Crippen LogP contribution < -0.4 is 15.4 Å². The zero-order valence-electron chi connectivity index (χ0n) is 20.8. The SMILES string of the molecule is O=C(c1ccc(N2CCN(c3ccc(F)cc3)CC2)c([N+](=O)[O-])c1)N1C[C@H]2C[C@@H](C1)c1cccc(=O)n1C2. The number of piperazine rings is 1. The van der Waals surface area contributed by atoms with Crippen LogP contribution in [0.2, 0.25) is 0 Å². The maximum atomic E-state index is 13.5. The first-order chi connectivity index (χ1) is 18.4. The number of anilines is 2. The van der Waals surface area contributed by atoms with Crippen LogP contribution in [0.5, 0.6) is 0 Å². The van der Waals surface area contributed by atoms with Crippen molar-refractivity contribution in [3.8, 4) is 0 Å². The van der Waals surface area contributed by atoms with Crippen molar-refractivity contribution in [3.05, 3.63) is 98.2 Å². The Balaban J connectivity index is 1.19. The molecule has 2 aromatic carbocycles. The van der Waals surface area contributed by atoms with Crippen molar-refractivity contribution in [1.29, 1.82) is 0 Å². The molecule has 3 aliphatic rings. The van der Waals surface area contributed by atoms with E-state index < -0.39 is 4.92 Å². The average Bonchev–Trinajstić information content (AvgIpc) is 2.93. The highest BCUT2D eigenvalue weighted by atomic mass is 19.1. The molecule has 2 atom stereocenters. The molecular weight excluding hydrogens is 489 g/mol. The molecule has 0 unspecified atom stereocenters. The maximum Gasteiger partial charge on any atom is 0.293 e. The van der Waals surface area contributed by atoms with E-state index in [4.69, 9.17) is 0 Å². The molecule has 9 nitrogen and oxygen atoms in total. The molecule has 2 fully saturated rings. The van der Waals surface area contributed by atoms with Crippen molar-refractivity contribution in [1.82, 2.24) is 9.47 Å². The fraction of sp³-hybridized carbons (Fsp3) is 0.357. The Morgan fingerprint density at radius 1 is 0.921 bits per heavy atom. The van der Waals surface area contributed by atoms with E-state index in [0.29, 0.717) is 57.1 Å². The molecule has 2 saturated heterocycles. The van der Waals surface area contributed by atoms with E-state index in [-0.39, 0.29) is 34.8 Å². The van der Waals surface area contributed by atoms with Crippen LogP contribution in [0.4, 0.5) is 21.5 Å². The van der Waals surface area contributed by atoms with Gasteiger partial charge in [-0.3, -0.25) is 19.7 Å². The molecule has 38 heavy (non-hydrogen) atoms. The van der Waals surface area contributed by atoms with Crippen LogP contribution in [0.1, 0.15) is 28.4 Å². The topological polar surface area (TPSA) is 91.9 Å². The molecule has 0 spiro atoms. The number of halogens is 1. The Labute approximate surface area is 218 Å². The number of amides is 1. The van der Waals surface area contributed by atoms with Crippen LogP contribution >= 0.6 is 0 Å². The number of rotatable bonds is 4. The minimum absolute atomic E-state index is 0.0123. The first kappa shape index (κ1) is 24.1. The van der Waals surface area contributed by atoms with E-state index in [1.54, 1.807) is 41.3 Å². The molecule has 6 rings (SSSR count). The molecule has 0 N–H and O–H groups in total. The van der Waals surface area contributed by atoms with Gasteiger partial charge in [-0.25, -0.2) is 4.39 Å². The zero-order chi connectivity index (χ0) is 26.4. The molecule has 4 heterocycles. The van der Waals surface area contributed by atoms with Crippen molar-refractivity contribution in [2.24, 2.45) is 5.92 Å². The summed E-state index contributed by atoms with van der Waals surface area (Å²) in [6.45, 7) is 4.02. The summed E-state index contributed by atoms with van der Waals surface area (Å²) in [5, 5.41) is 12.0.